The molecule has 2 rings (SSSR count). The van der Waals surface area contributed by atoms with Gasteiger partial charge in [-0.1, -0.05) is 5.16 Å². The summed E-state index contributed by atoms with van der Waals surface area (Å²) in [6.07, 6.45) is -4.60. The number of anilines is 1. The molecule has 114 valence electrons. The van der Waals surface area contributed by atoms with Gasteiger partial charge < -0.3 is 9.84 Å². The lowest BCUT2D eigenvalue weighted by molar-refractivity contribution is -0.141. The van der Waals surface area contributed by atoms with Crippen molar-refractivity contribution in [3.05, 3.63) is 28.9 Å². The molecule has 2 aromatic rings. The molecule has 0 saturated heterocycles. The molecular formula is C12H13F3N4O2. The topological polar surface area (TPSA) is 73.0 Å². The van der Waals surface area contributed by atoms with E-state index in [2.05, 4.69) is 15.6 Å². The fraction of sp³-hybridized carbons (Fsp3) is 0.417. The summed E-state index contributed by atoms with van der Waals surface area (Å²) in [5, 5.41) is 9.54. The number of amides is 1. The quantitative estimate of drug-likeness (QED) is 0.946. The van der Waals surface area contributed by atoms with Crippen LogP contribution >= 0.6 is 0 Å². The maximum Gasteiger partial charge on any atom is 0.435 e. The van der Waals surface area contributed by atoms with Crippen molar-refractivity contribution in [2.75, 3.05) is 5.32 Å². The molecule has 0 unspecified atom stereocenters. The second-order valence-electron chi connectivity index (χ2n) is 4.38. The second-order valence-corrected chi connectivity index (χ2v) is 4.38. The monoisotopic (exact) mass is 302 g/mol. The van der Waals surface area contributed by atoms with Crippen molar-refractivity contribution in [3.63, 3.8) is 0 Å². The van der Waals surface area contributed by atoms with Crippen LogP contribution in [-0.4, -0.2) is 20.8 Å². The van der Waals surface area contributed by atoms with Gasteiger partial charge in [0.2, 0.25) is 0 Å². The molecule has 0 aliphatic rings. The first kappa shape index (κ1) is 15.1. The third kappa shape index (κ3) is 2.91. The standard InChI is InChI=1S/C12H13F3N4O2/c1-4-19-8(5-9(17-19)12(13,14)15)11(20)16-10-6(2)18-21-7(10)3/h5H,4H2,1-3H3,(H,16,20). The molecule has 6 nitrogen and oxygen atoms in total. The maximum absolute atomic E-state index is 12.7. The van der Waals surface area contributed by atoms with Gasteiger partial charge in [0.1, 0.15) is 17.1 Å². The van der Waals surface area contributed by atoms with E-state index in [9.17, 15) is 18.0 Å². The third-order valence-corrected chi connectivity index (χ3v) is 2.87. The number of carbonyl (C=O) groups excluding carboxylic acids is 1. The Bertz CT molecular complexity index is 653. The predicted molar refractivity (Wildman–Crippen MR) is 66.8 cm³/mol. The highest BCUT2D eigenvalue weighted by molar-refractivity contribution is 6.03. The van der Waals surface area contributed by atoms with Gasteiger partial charge in [-0.2, -0.15) is 18.3 Å². The average molecular weight is 302 g/mol. The molecule has 0 aliphatic carbocycles. The van der Waals surface area contributed by atoms with Gasteiger partial charge >= 0.3 is 6.18 Å². The minimum atomic E-state index is -4.60. The van der Waals surface area contributed by atoms with Crippen LogP contribution in [0.1, 0.15) is 34.6 Å². The van der Waals surface area contributed by atoms with Gasteiger partial charge in [0.15, 0.2) is 11.5 Å². The van der Waals surface area contributed by atoms with Crippen molar-refractivity contribution < 1.29 is 22.5 Å². The molecule has 21 heavy (non-hydrogen) atoms. The van der Waals surface area contributed by atoms with E-state index in [0.29, 0.717) is 17.1 Å². The Hall–Kier alpha value is -2.32. The van der Waals surface area contributed by atoms with E-state index in [-0.39, 0.29) is 12.2 Å². The molecule has 0 aliphatic heterocycles. The predicted octanol–water partition coefficient (Wildman–Crippen LogP) is 2.78. The average Bonchev–Trinajstić information content (AvgIpc) is 2.96. The van der Waals surface area contributed by atoms with Crippen molar-refractivity contribution in [2.45, 2.75) is 33.5 Å². The van der Waals surface area contributed by atoms with Gasteiger partial charge in [0.05, 0.1) is 0 Å². The molecule has 0 bridgehead atoms. The summed E-state index contributed by atoms with van der Waals surface area (Å²) in [6, 6.07) is 0.719. The molecule has 1 N–H and O–H groups in total. The van der Waals surface area contributed by atoms with Crippen molar-refractivity contribution >= 4 is 11.6 Å². The lowest BCUT2D eigenvalue weighted by Crippen LogP contribution is -2.18. The molecule has 2 heterocycles. The van der Waals surface area contributed by atoms with E-state index in [1.165, 1.54) is 0 Å². The second kappa shape index (κ2) is 5.23. The Labute approximate surface area is 117 Å². The number of hydrogen-bond acceptors (Lipinski definition) is 4. The Morgan fingerprint density at radius 2 is 2.10 bits per heavy atom. The van der Waals surface area contributed by atoms with Crippen molar-refractivity contribution in [1.29, 1.82) is 0 Å². The van der Waals surface area contributed by atoms with Gasteiger partial charge in [0.25, 0.3) is 5.91 Å². The molecule has 0 spiro atoms. The smallest absolute Gasteiger partial charge is 0.359 e. The largest absolute Gasteiger partial charge is 0.435 e. The van der Waals surface area contributed by atoms with Gasteiger partial charge in [-0.05, 0) is 20.8 Å². The van der Waals surface area contributed by atoms with Crippen LogP contribution in [0, 0.1) is 13.8 Å². The SMILES string of the molecule is CCn1nc(C(F)(F)F)cc1C(=O)Nc1c(C)noc1C. The van der Waals surface area contributed by atoms with Crippen molar-refractivity contribution in [3.8, 4) is 0 Å². The number of rotatable bonds is 3. The first-order valence-electron chi connectivity index (χ1n) is 6.13. The Morgan fingerprint density at radius 1 is 1.43 bits per heavy atom. The van der Waals surface area contributed by atoms with Crippen molar-refractivity contribution in [2.24, 2.45) is 0 Å². The van der Waals surface area contributed by atoms with E-state index in [1.54, 1.807) is 20.8 Å². The summed E-state index contributed by atoms with van der Waals surface area (Å²) in [5.74, 6) is -0.325. The molecule has 0 radical (unpaired) electrons. The maximum atomic E-state index is 12.7. The van der Waals surface area contributed by atoms with Crippen LogP contribution in [0.5, 0.6) is 0 Å². The number of aromatic nitrogens is 3. The number of nitrogens with one attached hydrogen (secondary N) is 1. The van der Waals surface area contributed by atoms with Crippen LogP contribution in [-0.2, 0) is 12.7 Å². The lowest BCUT2D eigenvalue weighted by atomic mass is 10.3. The van der Waals surface area contributed by atoms with Crippen molar-refractivity contribution in [1.82, 2.24) is 14.9 Å². The van der Waals surface area contributed by atoms with Crippen LogP contribution in [0.2, 0.25) is 0 Å². The van der Waals surface area contributed by atoms with E-state index in [1.807, 2.05) is 0 Å². The van der Waals surface area contributed by atoms with Gasteiger partial charge in [-0.3, -0.25) is 9.48 Å². The van der Waals surface area contributed by atoms with E-state index in [4.69, 9.17) is 4.52 Å². The Morgan fingerprint density at radius 3 is 2.57 bits per heavy atom. The molecule has 0 fully saturated rings. The summed E-state index contributed by atoms with van der Waals surface area (Å²) in [4.78, 5) is 12.1. The van der Waals surface area contributed by atoms with Crippen LogP contribution < -0.4 is 5.32 Å². The Balaban J connectivity index is 2.33. The van der Waals surface area contributed by atoms with Gasteiger partial charge in [0, 0.05) is 12.6 Å². The van der Waals surface area contributed by atoms with Crippen LogP contribution in [0.4, 0.5) is 18.9 Å². The van der Waals surface area contributed by atoms with Gasteiger partial charge in [-0.15, -0.1) is 0 Å². The minimum absolute atomic E-state index is 0.139. The number of carbonyl (C=O) groups is 1. The summed E-state index contributed by atoms with van der Waals surface area (Å²) in [5.41, 5.74) is -0.491. The third-order valence-electron chi connectivity index (χ3n) is 2.87. The number of aryl methyl sites for hydroxylation is 3. The zero-order valence-electron chi connectivity index (χ0n) is 11.6. The highest BCUT2D eigenvalue weighted by atomic mass is 19.4. The Kier molecular flexibility index (Phi) is 3.75. The lowest BCUT2D eigenvalue weighted by Gasteiger charge is -2.05. The molecule has 0 saturated carbocycles. The number of nitrogens with zero attached hydrogens (tertiary/aromatic N) is 3. The molecule has 2 aromatic heterocycles. The summed E-state index contributed by atoms with van der Waals surface area (Å²) in [6.45, 7) is 4.94. The summed E-state index contributed by atoms with van der Waals surface area (Å²) < 4.78 is 43.8. The fourth-order valence-corrected chi connectivity index (χ4v) is 1.82. The first-order chi connectivity index (χ1) is 9.74. The van der Waals surface area contributed by atoms with E-state index in [0.717, 1.165) is 10.7 Å². The normalized spacial score (nSPS) is 11.7. The van der Waals surface area contributed by atoms with Crippen LogP contribution in [0.25, 0.3) is 0 Å². The molecular weight excluding hydrogens is 289 g/mol. The number of alkyl halides is 3. The zero-order chi connectivity index (χ0) is 15.8. The van der Waals surface area contributed by atoms with Gasteiger partial charge in [-0.25, -0.2) is 0 Å². The fourth-order valence-electron chi connectivity index (χ4n) is 1.82. The summed E-state index contributed by atoms with van der Waals surface area (Å²) in [7, 11) is 0. The number of hydrogen-bond donors (Lipinski definition) is 1. The highest BCUT2D eigenvalue weighted by Crippen LogP contribution is 2.29. The van der Waals surface area contributed by atoms with Crippen LogP contribution in [0.15, 0.2) is 10.6 Å². The first-order valence-corrected chi connectivity index (χ1v) is 6.13. The highest BCUT2D eigenvalue weighted by Gasteiger charge is 2.35. The molecule has 0 atom stereocenters. The van der Waals surface area contributed by atoms with Crippen LogP contribution in [0.3, 0.4) is 0 Å². The molecule has 0 aromatic carbocycles. The molecule has 9 heteroatoms. The van der Waals surface area contributed by atoms with E-state index < -0.39 is 17.8 Å². The van der Waals surface area contributed by atoms with E-state index >= 15 is 0 Å². The number of halogens is 3. The summed E-state index contributed by atoms with van der Waals surface area (Å²) >= 11 is 0. The molecule has 1 amide bonds. The minimum Gasteiger partial charge on any atom is -0.359 e. The zero-order valence-corrected chi connectivity index (χ0v) is 11.6.